The van der Waals surface area contributed by atoms with Crippen molar-refractivity contribution in [3.05, 3.63) is 90.2 Å². The Bertz CT molecular complexity index is 976. The highest BCUT2D eigenvalue weighted by Gasteiger charge is 2.14. The Kier molecular flexibility index (Phi) is 4.51. The van der Waals surface area contributed by atoms with Gasteiger partial charge < -0.3 is 9.15 Å². The van der Waals surface area contributed by atoms with E-state index in [0.29, 0.717) is 6.54 Å². The van der Waals surface area contributed by atoms with Gasteiger partial charge in [-0.05, 0) is 29.8 Å². The summed E-state index contributed by atoms with van der Waals surface area (Å²) in [6, 6.07) is 18.2. The third-order valence-corrected chi connectivity index (χ3v) is 4.29. The SMILES string of the molecule is COc1ccc(-c2ocnc2Cc2ccccc2)cc1Cn1cccn1. The van der Waals surface area contributed by atoms with E-state index in [1.165, 1.54) is 12.0 Å². The molecule has 0 N–H and O–H groups in total. The van der Waals surface area contributed by atoms with Crippen molar-refractivity contribution in [2.45, 2.75) is 13.0 Å². The van der Waals surface area contributed by atoms with Gasteiger partial charge in [-0.25, -0.2) is 4.98 Å². The van der Waals surface area contributed by atoms with Gasteiger partial charge in [-0.15, -0.1) is 0 Å². The zero-order chi connectivity index (χ0) is 17.8. The normalized spacial score (nSPS) is 10.8. The largest absolute Gasteiger partial charge is 0.496 e. The molecular formula is C21H19N3O2. The maximum atomic E-state index is 5.71. The zero-order valence-corrected chi connectivity index (χ0v) is 14.5. The van der Waals surface area contributed by atoms with Gasteiger partial charge in [0.2, 0.25) is 0 Å². The van der Waals surface area contributed by atoms with E-state index >= 15 is 0 Å². The molecule has 0 radical (unpaired) electrons. The van der Waals surface area contributed by atoms with E-state index in [1.807, 2.05) is 47.3 Å². The molecule has 2 aromatic heterocycles. The molecule has 0 saturated carbocycles. The number of nitrogens with zero attached hydrogens (tertiary/aromatic N) is 3. The molecule has 0 spiro atoms. The topological polar surface area (TPSA) is 53.1 Å². The molecule has 0 saturated heterocycles. The molecule has 0 unspecified atom stereocenters. The minimum Gasteiger partial charge on any atom is -0.496 e. The summed E-state index contributed by atoms with van der Waals surface area (Å²) in [6.07, 6.45) is 5.93. The standard InChI is InChI=1S/C21H19N3O2/c1-25-20-9-8-17(13-18(20)14-24-11-5-10-23-24)21-19(22-15-26-21)12-16-6-3-2-4-7-16/h2-11,13,15H,12,14H2,1H3. The van der Waals surface area contributed by atoms with Crippen LogP contribution in [0.1, 0.15) is 16.8 Å². The molecule has 4 aromatic rings. The van der Waals surface area contributed by atoms with Crippen molar-refractivity contribution in [2.24, 2.45) is 0 Å². The molecule has 4 rings (SSSR count). The molecule has 0 aliphatic heterocycles. The van der Waals surface area contributed by atoms with Crippen molar-refractivity contribution >= 4 is 0 Å². The number of methoxy groups -OCH3 is 1. The Morgan fingerprint density at radius 2 is 1.96 bits per heavy atom. The van der Waals surface area contributed by atoms with Crippen LogP contribution in [0.25, 0.3) is 11.3 Å². The summed E-state index contributed by atoms with van der Waals surface area (Å²) in [5, 5.41) is 4.28. The maximum absolute atomic E-state index is 5.71. The van der Waals surface area contributed by atoms with Crippen LogP contribution in [0.3, 0.4) is 0 Å². The van der Waals surface area contributed by atoms with Crippen LogP contribution in [0.4, 0.5) is 0 Å². The number of rotatable bonds is 6. The highest BCUT2D eigenvalue weighted by atomic mass is 16.5. The Labute approximate surface area is 151 Å². The quantitative estimate of drug-likeness (QED) is 0.526. The lowest BCUT2D eigenvalue weighted by atomic mass is 10.0. The first-order valence-electron chi connectivity index (χ1n) is 8.44. The summed E-state index contributed by atoms with van der Waals surface area (Å²) < 4.78 is 13.1. The predicted octanol–water partition coefficient (Wildman–Crippen LogP) is 4.19. The van der Waals surface area contributed by atoms with Crippen molar-refractivity contribution < 1.29 is 9.15 Å². The van der Waals surface area contributed by atoms with Gasteiger partial charge in [0.15, 0.2) is 12.2 Å². The lowest BCUT2D eigenvalue weighted by Crippen LogP contribution is -2.02. The number of benzene rings is 2. The van der Waals surface area contributed by atoms with Crippen molar-refractivity contribution in [1.82, 2.24) is 14.8 Å². The minimum atomic E-state index is 0.631. The highest BCUT2D eigenvalue weighted by molar-refractivity contribution is 5.63. The fourth-order valence-corrected chi connectivity index (χ4v) is 3.03. The summed E-state index contributed by atoms with van der Waals surface area (Å²) in [5.41, 5.74) is 4.14. The number of hydrogen-bond acceptors (Lipinski definition) is 4. The second-order valence-electron chi connectivity index (χ2n) is 6.02. The molecular weight excluding hydrogens is 326 g/mol. The van der Waals surface area contributed by atoms with E-state index in [9.17, 15) is 0 Å². The fraction of sp³-hybridized carbons (Fsp3) is 0.143. The monoisotopic (exact) mass is 345 g/mol. The molecule has 130 valence electrons. The van der Waals surface area contributed by atoms with Crippen molar-refractivity contribution in [2.75, 3.05) is 7.11 Å². The average molecular weight is 345 g/mol. The highest BCUT2D eigenvalue weighted by Crippen LogP contribution is 2.30. The molecule has 0 aliphatic rings. The molecule has 0 aliphatic carbocycles. The summed E-state index contributed by atoms with van der Waals surface area (Å²) in [5.74, 6) is 1.62. The van der Waals surface area contributed by atoms with E-state index in [-0.39, 0.29) is 0 Å². The van der Waals surface area contributed by atoms with E-state index in [4.69, 9.17) is 9.15 Å². The van der Waals surface area contributed by atoms with Crippen LogP contribution in [-0.2, 0) is 13.0 Å². The average Bonchev–Trinajstić information content (AvgIpc) is 3.35. The maximum Gasteiger partial charge on any atom is 0.181 e. The molecule has 26 heavy (non-hydrogen) atoms. The van der Waals surface area contributed by atoms with Crippen LogP contribution >= 0.6 is 0 Å². The molecule has 2 aromatic carbocycles. The molecule has 5 nitrogen and oxygen atoms in total. The van der Waals surface area contributed by atoms with E-state index < -0.39 is 0 Å². The third kappa shape index (κ3) is 3.37. The molecule has 0 atom stereocenters. The second kappa shape index (κ2) is 7.27. The first-order valence-corrected chi connectivity index (χ1v) is 8.44. The summed E-state index contributed by atoms with van der Waals surface area (Å²) >= 11 is 0. The van der Waals surface area contributed by atoms with Gasteiger partial charge >= 0.3 is 0 Å². The molecule has 0 bridgehead atoms. The fourth-order valence-electron chi connectivity index (χ4n) is 3.03. The van der Waals surface area contributed by atoms with Gasteiger partial charge in [0.25, 0.3) is 0 Å². The lowest BCUT2D eigenvalue weighted by Gasteiger charge is -2.11. The van der Waals surface area contributed by atoms with Crippen molar-refractivity contribution in [1.29, 1.82) is 0 Å². The predicted molar refractivity (Wildman–Crippen MR) is 99.1 cm³/mol. The van der Waals surface area contributed by atoms with Crippen LogP contribution in [-0.4, -0.2) is 21.9 Å². The molecule has 2 heterocycles. The van der Waals surface area contributed by atoms with Crippen molar-refractivity contribution in [3.8, 4) is 17.1 Å². The number of oxazole rings is 1. The van der Waals surface area contributed by atoms with E-state index in [2.05, 4.69) is 28.3 Å². The third-order valence-electron chi connectivity index (χ3n) is 4.29. The van der Waals surface area contributed by atoms with Crippen LogP contribution in [0.2, 0.25) is 0 Å². The number of ether oxygens (including phenoxy) is 1. The number of hydrogen-bond donors (Lipinski definition) is 0. The summed E-state index contributed by atoms with van der Waals surface area (Å²) in [4.78, 5) is 4.42. The van der Waals surface area contributed by atoms with Gasteiger partial charge in [-0.3, -0.25) is 4.68 Å². The smallest absolute Gasteiger partial charge is 0.181 e. The summed E-state index contributed by atoms with van der Waals surface area (Å²) in [7, 11) is 1.68. The van der Waals surface area contributed by atoms with Gasteiger partial charge in [0.05, 0.1) is 19.3 Å². The van der Waals surface area contributed by atoms with Gasteiger partial charge in [-0.1, -0.05) is 30.3 Å². The van der Waals surface area contributed by atoms with Crippen LogP contribution in [0.15, 0.2) is 77.8 Å². The van der Waals surface area contributed by atoms with Crippen LogP contribution < -0.4 is 4.74 Å². The number of aromatic nitrogens is 3. The van der Waals surface area contributed by atoms with Gasteiger partial charge in [0.1, 0.15) is 5.75 Å². The first-order chi connectivity index (χ1) is 12.8. The van der Waals surface area contributed by atoms with Crippen LogP contribution in [0.5, 0.6) is 5.75 Å². The molecule has 0 amide bonds. The van der Waals surface area contributed by atoms with Crippen LogP contribution in [0, 0.1) is 0 Å². The lowest BCUT2D eigenvalue weighted by molar-refractivity contribution is 0.407. The Balaban J connectivity index is 1.67. The van der Waals surface area contributed by atoms with Gasteiger partial charge in [-0.2, -0.15) is 5.10 Å². The summed E-state index contributed by atoms with van der Waals surface area (Å²) in [6.45, 7) is 0.631. The second-order valence-corrected chi connectivity index (χ2v) is 6.02. The van der Waals surface area contributed by atoms with Crippen molar-refractivity contribution in [3.63, 3.8) is 0 Å². The van der Waals surface area contributed by atoms with E-state index in [1.54, 1.807) is 13.3 Å². The molecule has 5 heteroatoms. The zero-order valence-electron chi connectivity index (χ0n) is 14.5. The minimum absolute atomic E-state index is 0.631. The Morgan fingerprint density at radius 3 is 2.73 bits per heavy atom. The van der Waals surface area contributed by atoms with Gasteiger partial charge in [0, 0.05) is 29.9 Å². The van der Waals surface area contributed by atoms with E-state index in [0.717, 1.165) is 34.8 Å². The molecule has 0 fully saturated rings. The first kappa shape index (κ1) is 16.1. The Hall–Kier alpha value is -3.34. The Morgan fingerprint density at radius 1 is 1.08 bits per heavy atom.